The van der Waals surface area contributed by atoms with Gasteiger partial charge in [0.25, 0.3) is 0 Å². The van der Waals surface area contributed by atoms with E-state index in [4.69, 9.17) is 0 Å². The van der Waals surface area contributed by atoms with Gasteiger partial charge in [-0.1, -0.05) is 6.07 Å². The molecule has 5 heteroatoms. The number of hydrogen-bond donors (Lipinski definition) is 2. The second-order valence-corrected chi connectivity index (χ2v) is 6.23. The maximum absolute atomic E-state index is 4.55. The van der Waals surface area contributed by atoms with Crippen LogP contribution >= 0.6 is 0 Å². The number of nitrogens with zero attached hydrogens (tertiary/aromatic N) is 3. The number of anilines is 3. The molecule has 1 heterocycles. The Bertz CT molecular complexity index is 652. The van der Waals surface area contributed by atoms with E-state index in [9.17, 15) is 0 Å². The molecular formula is C18H27N5. The van der Waals surface area contributed by atoms with Crippen molar-refractivity contribution in [3.63, 3.8) is 0 Å². The first-order valence-corrected chi connectivity index (χ1v) is 8.02. The van der Waals surface area contributed by atoms with Gasteiger partial charge in [-0.25, -0.2) is 4.98 Å². The van der Waals surface area contributed by atoms with Crippen molar-refractivity contribution in [1.29, 1.82) is 0 Å². The lowest BCUT2D eigenvalue weighted by Crippen LogP contribution is -2.17. The summed E-state index contributed by atoms with van der Waals surface area (Å²) in [4.78, 5) is 11.2. The molecule has 2 aromatic rings. The normalized spacial score (nSPS) is 10.9. The van der Waals surface area contributed by atoms with Crippen molar-refractivity contribution in [3.8, 4) is 0 Å². The Hall–Kier alpha value is -2.14. The number of benzene rings is 1. The molecule has 2 rings (SSSR count). The zero-order chi connectivity index (χ0) is 16.8. The third-order valence-corrected chi connectivity index (χ3v) is 3.70. The average molecular weight is 313 g/mol. The third-order valence-electron chi connectivity index (χ3n) is 3.70. The zero-order valence-corrected chi connectivity index (χ0v) is 14.8. The predicted octanol–water partition coefficient (Wildman–Crippen LogP) is 3.51. The van der Waals surface area contributed by atoms with Gasteiger partial charge in [0.2, 0.25) is 5.95 Å². The molecule has 0 amide bonds. The molecular weight excluding hydrogens is 286 g/mol. The van der Waals surface area contributed by atoms with E-state index in [-0.39, 0.29) is 0 Å². The Morgan fingerprint density at radius 1 is 1.00 bits per heavy atom. The van der Waals surface area contributed by atoms with Crippen LogP contribution in [0.3, 0.4) is 0 Å². The molecule has 0 saturated carbocycles. The molecule has 0 aliphatic heterocycles. The molecule has 0 bridgehead atoms. The highest BCUT2D eigenvalue weighted by Crippen LogP contribution is 2.19. The fourth-order valence-corrected chi connectivity index (χ4v) is 2.27. The Kier molecular flexibility index (Phi) is 5.93. The smallest absolute Gasteiger partial charge is 0.224 e. The van der Waals surface area contributed by atoms with Crippen LogP contribution in [-0.4, -0.2) is 42.1 Å². The summed E-state index contributed by atoms with van der Waals surface area (Å²) in [5, 5.41) is 6.66. The van der Waals surface area contributed by atoms with Crippen molar-refractivity contribution < 1.29 is 0 Å². The maximum Gasteiger partial charge on any atom is 0.224 e. The van der Waals surface area contributed by atoms with Crippen LogP contribution in [0.4, 0.5) is 17.5 Å². The van der Waals surface area contributed by atoms with Crippen LogP contribution in [0.2, 0.25) is 0 Å². The molecule has 0 saturated heterocycles. The van der Waals surface area contributed by atoms with Gasteiger partial charge >= 0.3 is 0 Å². The summed E-state index contributed by atoms with van der Waals surface area (Å²) in [6.45, 7) is 8.13. The molecule has 0 unspecified atom stereocenters. The fourth-order valence-electron chi connectivity index (χ4n) is 2.27. The molecule has 0 atom stereocenters. The zero-order valence-electron chi connectivity index (χ0n) is 14.8. The summed E-state index contributed by atoms with van der Waals surface area (Å²) in [5.74, 6) is 1.49. The van der Waals surface area contributed by atoms with E-state index in [1.165, 1.54) is 11.1 Å². The monoisotopic (exact) mass is 313 g/mol. The second-order valence-electron chi connectivity index (χ2n) is 6.23. The molecule has 0 aliphatic carbocycles. The van der Waals surface area contributed by atoms with Crippen LogP contribution in [0.25, 0.3) is 0 Å². The van der Waals surface area contributed by atoms with Gasteiger partial charge in [0, 0.05) is 24.0 Å². The first kappa shape index (κ1) is 17.2. The number of rotatable bonds is 7. The Balaban J connectivity index is 2.03. The number of aryl methyl sites for hydroxylation is 3. The van der Waals surface area contributed by atoms with Crippen molar-refractivity contribution in [2.45, 2.75) is 27.2 Å². The van der Waals surface area contributed by atoms with Crippen molar-refractivity contribution in [2.24, 2.45) is 0 Å². The third kappa shape index (κ3) is 5.53. The molecule has 1 aromatic heterocycles. The standard InChI is InChI=1S/C18H27N5/c1-13-7-8-16(11-14(13)2)21-17-12-15(3)20-18(22-17)19-9-6-10-23(4)5/h7-8,11-12H,6,9-10H2,1-5H3,(H2,19,20,21,22). The van der Waals surface area contributed by atoms with Crippen LogP contribution in [0.1, 0.15) is 23.2 Å². The largest absolute Gasteiger partial charge is 0.354 e. The minimum Gasteiger partial charge on any atom is -0.354 e. The Labute approximate surface area is 139 Å². The highest BCUT2D eigenvalue weighted by Gasteiger charge is 2.04. The molecule has 5 nitrogen and oxygen atoms in total. The minimum atomic E-state index is 0.676. The first-order chi connectivity index (χ1) is 10.9. The van der Waals surface area contributed by atoms with Crippen molar-refractivity contribution in [2.75, 3.05) is 37.8 Å². The van der Waals surface area contributed by atoms with E-state index in [0.717, 1.165) is 36.7 Å². The Morgan fingerprint density at radius 3 is 2.48 bits per heavy atom. The lowest BCUT2D eigenvalue weighted by atomic mass is 10.1. The summed E-state index contributed by atoms with van der Waals surface area (Å²) in [6, 6.07) is 8.28. The first-order valence-electron chi connectivity index (χ1n) is 8.02. The molecule has 0 aliphatic rings. The molecule has 0 radical (unpaired) electrons. The highest BCUT2D eigenvalue weighted by molar-refractivity contribution is 5.59. The summed E-state index contributed by atoms with van der Waals surface area (Å²) < 4.78 is 0. The van der Waals surface area contributed by atoms with Crippen LogP contribution in [0.15, 0.2) is 24.3 Å². The maximum atomic E-state index is 4.55. The quantitative estimate of drug-likeness (QED) is 0.766. The van der Waals surface area contributed by atoms with E-state index in [0.29, 0.717) is 5.95 Å². The molecule has 124 valence electrons. The van der Waals surface area contributed by atoms with Gasteiger partial charge in [0.15, 0.2) is 0 Å². The van der Waals surface area contributed by atoms with Gasteiger partial charge in [-0.2, -0.15) is 4.98 Å². The topological polar surface area (TPSA) is 53.1 Å². The lowest BCUT2D eigenvalue weighted by molar-refractivity contribution is 0.405. The molecule has 23 heavy (non-hydrogen) atoms. The van der Waals surface area contributed by atoms with E-state index in [1.54, 1.807) is 0 Å². The number of nitrogens with one attached hydrogen (secondary N) is 2. The van der Waals surface area contributed by atoms with Gasteiger partial charge in [-0.3, -0.25) is 0 Å². The van der Waals surface area contributed by atoms with Gasteiger partial charge in [-0.05, 0) is 71.1 Å². The van der Waals surface area contributed by atoms with E-state index >= 15 is 0 Å². The average Bonchev–Trinajstić information content (AvgIpc) is 2.47. The van der Waals surface area contributed by atoms with Crippen molar-refractivity contribution in [3.05, 3.63) is 41.1 Å². The summed E-state index contributed by atoms with van der Waals surface area (Å²) in [5.41, 5.74) is 4.55. The number of hydrogen-bond acceptors (Lipinski definition) is 5. The second kappa shape index (κ2) is 7.92. The van der Waals surface area contributed by atoms with Gasteiger partial charge < -0.3 is 15.5 Å². The molecule has 2 N–H and O–H groups in total. The van der Waals surface area contributed by atoms with Crippen LogP contribution < -0.4 is 10.6 Å². The fraction of sp³-hybridized carbons (Fsp3) is 0.444. The molecule has 1 aromatic carbocycles. The SMILES string of the molecule is Cc1cc(Nc2ccc(C)c(C)c2)nc(NCCCN(C)C)n1. The van der Waals surface area contributed by atoms with Crippen molar-refractivity contribution >= 4 is 17.5 Å². The molecule has 0 fully saturated rings. The predicted molar refractivity (Wildman–Crippen MR) is 97.6 cm³/mol. The van der Waals surface area contributed by atoms with Crippen LogP contribution in [-0.2, 0) is 0 Å². The highest BCUT2D eigenvalue weighted by atomic mass is 15.1. The van der Waals surface area contributed by atoms with Crippen LogP contribution in [0.5, 0.6) is 0 Å². The van der Waals surface area contributed by atoms with Gasteiger partial charge in [-0.15, -0.1) is 0 Å². The van der Waals surface area contributed by atoms with Crippen molar-refractivity contribution in [1.82, 2.24) is 14.9 Å². The summed E-state index contributed by atoms with van der Waals surface area (Å²) in [6.07, 6.45) is 1.06. The van der Waals surface area contributed by atoms with E-state index in [1.807, 2.05) is 13.0 Å². The summed E-state index contributed by atoms with van der Waals surface area (Å²) in [7, 11) is 4.16. The minimum absolute atomic E-state index is 0.676. The lowest BCUT2D eigenvalue weighted by Gasteiger charge is -2.12. The Morgan fingerprint density at radius 2 is 1.78 bits per heavy atom. The van der Waals surface area contributed by atoms with Gasteiger partial charge in [0.1, 0.15) is 5.82 Å². The van der Waals surface area contributed by atoms with E-state index in [2.05, 4.69) is 71.6 Å². The van der Waals surface area contributed by atoms with E-state index < -0.39 is 0 Å². The van der Waals surface area contributed by atoms with Crippen LogP contribution in [0, 0.1) is 20.8 Å². The van der Waals surface area contributed by atoms with Gasteiger partial charge in [0.05, 0.1) is 0 Å². The number of aromatic nitrogens is 2. The molecule has 0 spiro atoms. The summed E-state index contributed by atoms with van der Waals surface area (Å²) >= 11 is 0.